The lowest BCUT2D eigenvalue weighted by Crippen LogP contribution is -2.52. The van der Waals surface area contributed by atoms with Gasteiger partial charge in [-0.1, -0.05) is 67.9 Å². The van der Waals surface area contributed by atoms with Gasteiger partial charge in [-0.3, -0.25) is 14.4 Å². The number of esters is 4. The lowest BCUT2D eigenvalue weighted by molar-refractivity contribution is -0.157. The number of hydrogen-bond donors (Lipinski definition) is 2. The van der Waals surface area contributed by atoms with Gasteiger partial charge in [-0.15, -0.1) is 0 Å². The fourth-order valence-corrected chi connectivity index (χ4v) is 38.7. The van der Waals surface area contributed by atoms with Gasteiger partial charge in [0.2, 0.25) is 0 Å². The zero-order chi connectivity index (χ0) is 65.7. The van der Waals surface area contributed by atoms with Crippen LogP contribution in [-0.2, 0) is 68.8 Å². The largest absolute Gasteiger partial charge is 0.465 e. The SMILES string of the molecule is C=CC(=O)OCCOC(=O)NC1CC(C)(C)CC(C)(CCC(=O)OCC(CCC[Si](C)(O[Si](C)(C)C)O[Si](C)(C)C)(CCC[Si](C)(O[Si](C)(C)C)O[Si](C)(C)C)COC(=O)CC2CC(C)(C)CC(C)(CNC(=O)OCCOCCOC(=O)CC)C2)C1. The molecule has 0 aromatic rings. The van der Waals surface area contributed by atoms with Crippen LogP contribution in [0.15, 0.2) is 12.7 Å². The third kappa shape index (κ3) is 35.0. The second-order valence-electron chi connectivity index (χ2n) is 31.4. The third-order valence-electron chi connectivity index (χ3n) is 15.2. The Bertz CT molecular complexity index is 2100. The number of carbonyl (C=O) groups is 6. The van der Waals surface area contributed by atoms with E-state index in [4.69, 9.17) is 49.6 Å². The molecule has 0 heterocycles. The normalized spacial score (nSPS) is 21.1. The molecule has 0 aliphatic heterocycles. The van der Waals surface area contributed by atoms with Gasteiger partial charge < -0.3 is 60.3 Å². The van der Waals surface area contributed by atoms with Gasteiger partial charge in [0, 0.05) is 43.3 Å². The average molecular weight is 1320 g/mol. The number of nitrogens with one attached hydrogen (secondary N) is 2. The maximum absolute atomic E-state index is 14.5. The number of rotatable bonds is 39. The summed E-state index contributed by atoms with van der Waals surface area (Å²) in [6.07, 6.45) is 8.17. The van der Waals surface area contributed by atoms with Crippen molar-refractivity contribution in [3.05, 3.63) is 12.7 Å². The van der Waals surface area contributed by atoms with Crippen molar-refractivity contribution in [1.82, 2.24) is 10.6 Å². The van der Waals surface area contributed by atoms with Gasteiger partial charge in [0.15, 0.2) is 33.3 Å². The quantitative estimate of drug-likeness (QED) is 0.0192. The molecule has 4 atom stereocenters. The summed E-state index contributed by atoms with van der Waals surface area (Å²) in [5.41, 5.74) is -1.71. The standard InChI is InChI=1S/C61H120N2O17Si6/c1-23-51(64)71-33-31-70-32-34-73-55(68)62-46-60(8)41-49(40-57(3,4)45-60)39-54(67)76-48-61(28-25-37-85(21,77-81(9,10)11)78-82(12,13)14,29-26-38-86(22,79-83(15,16)17)80-84(18,19)20)47-75-53(66)27-30-59(7)43-50(42-58(5,6)44-59)63-56(69)74-36-35-72-52(65)24-2/h24,49-50H,2,23,25-48H2,1,3-22H3,(H,62,68)(H,63,69). The molecule has 0 spiro atoms. The molecule has 2 fully saturated rings. The minimum atomic E-state index is -2.72. The minimum Gasteiger partial charge on any atom is -0.465 e. The molecule has 25 heteroatoms. The highest BCUT2D eigenvalue weighted by atomic mass is 28.5. The molecule has 0 radical (unpaired) electrons. The second kappa shape index (κ2) is 34.1. The summed E-state index contributed by atoms with van der Waals surface area (Å²) >= 11 is 0. The maximum Gasteiger partial charge on any atom is 0.407 e. The van der Waals surface area contributed by atoms with E-state index in [1.54, 1.807) is 6.92 Å². The number of ether oxygens (including phenoxy) is 7. The molecule has 0 aromatic heterocycles. The molecule has 0 saturated heterocycles. The topological polar surface area (TPSA) is 228 Å². The highest BCUT2D eigenvalue weighted by Crippen LogP contribution is 2.51. The number of amides is 2. The van der Waals surface area contributed by atoms with Crippen molar-refractivity contribution in [2.24, 2.45) is 33.0 Å². The average Bonchev–Trinajstić information content (AvgIpc) is 1.30. The number of hydrogen-bond acceptors (Lipinski definition) is 17. The zero-order valence-electron chi connectivity index (χ0n) is 57.6. The van der Waals surface area contributed by atoms with Crippen LogP contribution >= 0.6 is 0 Å². The molecular weight excluding hydrogens is 1200 g/mol. The predicted molar refractivity (Wildman–Crippen MR) is 353 cm³/mol. The Hall–Kier alpha value is -2.74. The molecular formula is C61H120N2O17Si6. The fraction of sp³-hybridized carbons (Fsp3) is 0.869. The van der Waals surface area contributed by atoms with E-state index >= 15 is 0 Å². The molecule has 4 unspecified atom stereocenters. The van der Waals surface area contributed by atoms with E-state index in [1.807, 2.05) is 0 Å². The number of alkyl carbamates (subject to hydrolysis) is 2. The van der Waals surface area contributed by atoms with Crippen LogP contribution in [0.2, 0.25) is 104 Å². The highest BCUT2D eigenvalue weighted by molar-refractivity contribution is 6.88. The Morgan fingerprint density at radius 2 is 0.988 bits per heavy atom. The Morgan fingerprint density at radius 3 is 1.49 bits per heavy atom. The molecule has 500 valence electrons. The van der Waals surface area contributed by atoms with Crippen molar-refractivity contribution in [1.29, 1.82) is 0 Å². The van der Waals surface area contributed by atoms with Crippen LogP contribution in [0.4, 0.5) is 9.59 Å². The molecule has 2 aliphatic rings. The van der Waals surface area contributed by atoms with E-state index in [-0.39, 0.29) is 117 Å². The van der Waals surface area contributed by atoms with Crippen LogP contribution in [0.25, 0.3) is 0 Å². The molecule has 0 bridgehead atoms. The van der Waals surface area contributed by atoms with Crippen LogP contribution in [0.5, 0.6) is 0 Å². The maximum atomic E-state index is 14.5. The van der Waals surface area contributed by atoms with Gasteiger partial charge in [-0.2, -0.15) is 0 Å². The summed E-state index contributed by atoms with van der Waals surface area (Å²) in [6, 6.07) is 1.23. The van der Waals surface area contributed by atoms with Gasteiger partial charge in [0.25, 0.3) is 0 Å². The van der Waals surface area contributed by atoms with Gasteiger partial charge in [0.1, 0.15) is 39.6 Å². The van der Waals surface area contributed by atoms with Gasteiger partial charge in [-0.25, -0.2) is 14.4 Å². The Labute approximate surface area is 526 Å². The van der Waals surface area contributed by atoms with E-state index in [2.05, 4.69) is 150 Å². The lowest BCUT2D eigenvalue weighted by atomic mass is 9.60. The van der Waals surface area contributed by atoms with Gasteiger partial charge in [-0.05, 0) is 189 Å². The van der Waals surface area contributed by atoms with Crippen molar-refractivity contribution < 1.29 is 78.4 Å². The molecule has 2 N–H and O–H groups in total. The van der Waals surface area contributed by atoms with Gasteiger partial charge >= 0.3 is 53.2 Å². The van der Waals surface area contributed by atoms with Crippen molar-refractivity contribution in [2.45, 2.75) is 248 Å². The summed E-state index contributed by atoms with van der Waals surface area (Å²) < 4.78 is 67.2. The molecule has 19 nitrogen and oxygen atoms in total. The second-order valence-corrected chi connectivity index (χ2v) is 57.1. The lowest BCUT2D eigenvalue weighted by Gasteiger charge is -2.47. The summed E-state index contributed by atoms with van der Waals surface area (Å²) in [7, 11) is -13.6. The predicted octanol–water partition coefficient (Wildman–Crippen LogP) is 13.9. The molecule has 0 aromatic carbocycles. The zero-order valence-corrected chi connectivity index (χ0v) is 63.6. The monoisotopic (exact) mass is 1320 g/mol. The van der Waals surface area contributed by atoms with Crippen molar-refractivity contribution >= 4 is 86.5 Å². The summed E-state index contributed by atoms with van der Waals surface area (Å²) in [4.78, 5) is 77.6. The van der Waals surface area contributed by atoms with Crippen LogP contribution < -0.4 is 10.6 Å². The van der Waals surface area contributed by atoms with Crippen molar-refractivity contribution in [3.63, 3.8) is 0 Å². The highest BCUT2D eigenvalue weighted by Gasteiger charge is 2.47. The van der Waals surface area contributed by atoms with Gasteiger partial charge in [0.05, 0.1) is 13.2 Å². The summed E-state index contributed by atoms with van der Waals surface area (Å²) in [5, 5.41) is 5.98. The summed E-state index contributed by atoms with van der Waals surface area (Å²) in [5.74, 6) is -1.57. The van der Waals surface area contributed by atoms with Crippen molar-refractivity contribution in [3.8, 4) is 0 Å². The minimum absolute atomic E-state index is 0.0229. The summed E-state index contributed by atoms with van der Waals surface area (Å²) in [6.45, 7) is 49.8. The van der Waals surface area contributed by atoms with Crippen LogP contribution in [0.1, 0.15) is 138 Å². The Kier molecular flexibility index (Phi) is 31.4. The van der Waals surface area contributed by atoms with E-state index in [0.29, 0.717) is 57.9 Å². The van der Waals surface area contributed by atoms with E-state index in [0.717, 1.165) is 43.8 Å². The van der Waals surface area contributed by atoms with Crippen LogP contribution in [-0.4, -0.2) is 152 Å². The van der Waals surface area contributed by atoms with E-state index in [9.17, 15) is 28.8 Å². The first-order valence-electron chi connectivity index (χ1n) is 31.7. The molecule has 2 rings (SSSR count). The van der Waals surface area contributed by atoms with Crippen LogP contribution in [0.3, 0.4) is 0 Å². The first-order chi connectivity index (χ1) is 39.2. The molecule has 2 amide bonds. The van der Waals surface area contributed by atoms with E-state index in [1.165, 1.54) is 0 Å². The third-order valence-corrected chi connectivity index (χ3v) is 34.4. The van der Waals surface area contributed by atoms with Crippen molar-refractivity contribution in [2.75, 3.05) is 59.4 Å². The number of carbonyl (C=O) groups excluding carboxylic acids is 6. The molecule has 2 aliphatic carbocycles. The first kappa shape index (κ1) is 79.4. The molecule has 2 saturated carbocycles. The van der Waals surface area contributed by atoms with E-state index < -0.39 is 74.0 Å². The van der Waals surface area contributed by atoms with Crippen LogP contribution in [0, 0.1) is 33.0 Å². The Balaban J connectivity index is 2.50. The molecule has 86 heavy (non-hydrogen) atoms. The smallest absolute Gasteiger partial charge is 0.407 e. The Morgan fingerprint density at radius 1 is 0.535 bits per heavy atom. The fourth-order valence-electron chi connectivity index (χ4n) is 13.6. The first-order valence-corrected chi connectivity index (χ1v) is 50.4.